The predicted molar refractivity (Wildman–Crippen MR) is 90.6 cm³/mol. The van der Waals surface area contributed by atoms with Crippen molar-refractivity contribution < 1.29 is 9.21 Å². The SMILES string of the molecule is CCc1nnc(SCC(=O)Nc2nc(-c3ccccc3)cs2)o1. The van der Waals surface area contributed by atoms with Gasteiger partial charge in [0, 0.05) is 17.4 Å². The minimum Gasteiger partial charge on any atom is -0.416 e. The van der Waals surface area contributed by atoms with Gasteiger partial charge in [-0.05, 0) is 0 Å². The fraction of sp³-hybridized carbons (Fsp3) is 0.200. The average Bonchev–Trinajstić information content (AvgIpc) is 3.23. The maximum Gasteiger partial charge on any atom is 0.277 e. The molecule has 3 rings (SSSR count). The Hall–Kier alpha value is -2.19. The van der Waals surface area contributed by atoms with Gasteiger partial charge in [-0.2, -0.15) is 0 Å². The molecule has 0 radical (unpaired) electrons. The van der Waals surface area contributed by atoms with Crippen LogP contribution in [0.15, 0.2) is 45.4 Å². The van der Waals surface area contributed by atoms with Crippen molar-refractivity contribution in [3.05, 3.63) is 41.6 Å². The highest BCUT2D eigenvalue weighted by molar-refractivity contribution is 7.99. The standard InChI is InChI=1S/C15H14N4O2S2/c1-2-13-18-19-15(21-13)23-9-12(20)17-14-16-11(8-22-14)10-6-4-3-5-7-10/h3-8H,2,9H2,1H3,(H,16,17,20). The summed E-state index contributed by atoms with van der Waals surface area (Å²) in [6.07, 6.45) is 0.682. The first-order valence-electron chi connectivity index (χ1n) is 7.00. The van der Waals surface area contributed by atoms with Gasteiger partial charge in [-0.15, -0.1) is 21.5 Å². The number of hydrogen-bond acceptors (Lipinski definition) is 7. The molecule has 118 valence electrons. The Bertz CT molecular complexity index is 786. The lowest BCUT2D eigenvalue weighted by Gasteiger charge is -1.99. The van der Waals surface area contributed by atoms with E-state index in [1.165, 1.54) is 23.1 Å². The summed E-state index contributed by atoms with van der Waals surface area (Å²) in [5.74, 6) is 0.617. The lowest BCUT2D eigenvalue weighted by Crippen LogP contribution is -2.13. The van der Waals surface area contributed by atoms with Gasteiger partial charge in [0.15, 0.2) is 5.13 Å². The van der Waals surface area contributed by atoms with Gasteiger partial charge in [-0.1, -0.05) is 49.0 Å². The van der Waals surface area contributed by atoms with Crippen LogP contribution in [0.3, 0.4) is 0 Å². The summed E-state index contributed by atoms with van der Waals surface area (Å²) in [6, 6.07) is 9.84. The molecule has 3 aromatic rings. The normalized spacial score (nSPS) is 10.7. The van der Waals surface area contributed by atoms with Crippen molar-refractivity contribution in [2.24, 2.45) is 0 Å². The second-order valence-corrected chi connectivity index (χ2v) is 6.34. The molecule has 1 amide bonds. The topological polar surface area (TPSA) is 80.9 Å². The number of aryl methyl sites for hydroxylation is 1. The molecule has 1 N–H and O–H groups in total. The number of nitrogens with zero attached hydrogens (tertiary/aromatic N) is 3. The third-order valence-corrected chi connectivity index (χ3v) is 4.47. The third-order valence-electron chi connectivity index (χ3n) is 2.90. The largest absolute Gasteiger partial charge is 0.416 e. The molecular weight excluding hydrogens is 332 g/mol. The molecule has 23 heavy (non-hydrogen) atoms. The molecule has 0 fully saturated rings. The first kappa shape index (κ1) is 15.7. The first-order chi connectivity index (χ1) is 11.2. The third kappa shape index (κ3) is 4.17. The van der Waals surface area contributed by atoms with Crippen LogP contribution in [0.5, 0.6) is 0 Å². The van der Waals surface area contributed by atoms with E-state index in [-0.39, 0.29) is 11.7 Å². The van der Waals surface area contributed by atoms with Gasteiger partial charge in [0.2, 0.25) is 11.8 Å². The van der Waals surface area contributed by atoms with Crippen LogP contribution in [-0.2, 0) is 11.2 Å². The molecule has 0 saturated carbocycles. The Morgan fingerprint density at radius 3 is 2.87 bits per heavy atom. The molecule has 6 nitrogen and oxygen atoms in total. The van der Waals surface area contributed by atoms with Gasteiger partial charge in [0.25, 0.3) is 5.22 Å². The number of rotatable bonds is 6. The fourth-order valence-electron chi connectivity index (χ4n) is 1.79. The summed E-state index contributed by atoms with van der Waals surface area (Å²) in [5, 5.41) is 13.4. The van der Waals surface area contributed by atoms with Crippen LogP contribution in [0.2, 0.25) is 0 Å². The maximum atomic E-state index is 12.0. The van der Waals surface area contributed by atoms with Crippen LogP contribution in [0.4, 0.5) is 5.13 Å². The van der Waals surface area contributed by atoms with E-state index in [2.05, 4.69) is 20.5 Å². The summed E-state index contributed by atoms with van der Waals surface area (Å²) in [5.41, 5.74) is 1.87. The second-order valence-electron chi connectivity index (χ2n) is 4.56. The molecule has 0 unspecified atom stereocenters. The monoisotopic (exact) mass is 346 g/mol. The minimum atomic E-state index is -0.153. The molecule has 0 aliphatic heterocycles. The quantitative estimate of drug-likeness (QED) is 0.688. The van der Waals surface area contributed by atoms with E-state index >= 15 is 0 Å². The molecule has 2 heterocycles. The van der Waals surface area contributed by atoms with E-state index in [9.17, 15) is 4.79 Å². The maximum absolute atomic E-state index is 12.0. The summed E-state index contributed by atoms with van der Waals surface area (Å²) < 4.78 is 5.34. The van der Waals surface area contributed by atoms with E-state index in [1.54, 1.807) is 0 Å². The Morgan fingerprint density at radius 1 is 1.30 bits per heavy atom. The summed E-state index contributed by atoms with van der Waals surface area (Å²) >= 11 is 2.61. The van der Waals surface area contributed by atoms with Crippen LogP contribution >= 0.6 is 23.1 Å². The summed E-state index contributed by atoms with van der Waals surface area (Å²) in [6.45, 7) is 1.93. The lowest BCUT2D eigenvalue weighted by atomic mass is 10.2. The summed E-state index contributed by atoms with van der Waals surface area (Å²) in [4.78, 5) is 16.4. The zero-order valence-corrected chi connectivity index (χ0v) is 14.0. The number of thiazole rings is 1. The highest BCUT2D eigenvalue weighted by Crippen LogP contribution is 2.25. The van der Waals surface area contributed by atoms with Crippen molar-refractivity contribution in [3.8, 4) is 11.3 Å². The van der Waals surface area contributed by atoms with E-state index in [4.69, 9.17) is 4.42 Å². The number of nitrogens with one attached hydrogen (secondary N) is 1. The van der Waals surface area contributed by atoms with Crippen molar-refractivity contribution in [3.63, 3.8) is 0 Å². The van der Waals surface area contributed by atoms with Crippen molar-refractivity contribution in [1.82, 2.24) is 15.2 Å². The second kappa shape index (κ2) is 7.38. The predicted octanol–water partition coefficient (Wildman–Crippen LogP) is 3.49. The van der Waals surface area contributed by atoms with Crippen LogP contribution in [0.25, 0.3) is 11.3 Å². The minimum absolute atomic E-state index is 0.153. The number of carbonyl (C=O) groups excluding carboxylic acids is 1. The van der Waals surface area contributed by atoms with Crippen molar-refractivity contribution >= 4 is 34.1 Å². The van der Waals surface area contributed by atoms with Crippen LogP contribution in [-0.4, -0.2) is 26.8 Å². The molecule has 0 bridgehead atoms. The van der Waals surface area contributed by atoms with Gasteiger partial charge < -0.3 is 9.73 Å². The van der Waals surface area contributed by atoms with Crippen LogP contribution in [0, 0.1) is 0 Å². The Kier molecular flexibility index (Phi) is 5.04. The first-order valence-corrected chi connectivity index (χ1v) is 8.87. The Morgan fingerprint density at radius 2 is 2.13 bits per heavy atom. The number of carbonyl (C=O) groups is 1. The zero-order chi connectivity index (χ0) is 16.1. The van der Waals surface area contributed by atoms with E-state index in [0.29, 0.717) is 22.7 Å². The molecule has 0 saturated heterocycles. The number of anilines is 1. The molecule has 0 aliphatic rings. The Labute approximate surface area is 141 Å². The fourth-order valence-corrected chi connectivity index (χ4v) is 3.11. The number of aromatic nitrogens is 3. The Balaban J connectivity index is 1.55. The number of hydrogen-bond donors (Lipinski definition) is 1. The lowest BCUT2D eigenvalue weighted by molar-refractivity contribution is -0.113. The van der Waals surface area contributed by atoms with E-state index in [0.717, 1.165) is 11.3 Å². The smallest absolute Gasteiger partial charge is 0.277 e. The van der Waals surface area contributed by atoms with Gasteiger partial charge in [-0.3, -0.25) is 4.79 Å². The zero-order valence-electron chi connectivity index (χ0n) is 12.4. The van der Waals surface area contributed by atoms with E-state index in [1.807, 2.05) is 42.6 Å². The molecule has 2 aromatic heterocycles. The van der Waals surface area contributed by atoms with Gasteiger partial charge >= 0.3 is 0 Å². The summed E-state index contributed by atoms with van der Waals surface area (Å²) in [7, 11) is 0. The number of thioether (sulfide) groups is 1. The van der Waals surface area contributed by atoms with Gasteiger partial charge in [0.05, 0.1) is 11.4 Å². The van der Waals surface area contributed by atoms with Crippen LogP contribution in [0.1, 0.15) is 12.8 Å². The highest BCUT2D eigenvalue weighted by atomic mass is 32.2. The van der Waals surface area contributed by atoms with Crippen molar-refractivity contribution in [2.45, 2.75) is 18.6 Å². The van der Waals surface area contributed by atoms with Crippen LogP contribution < -0.4 is 5.32 Å². The molecule has 0 aliphatic carbocycles. The molecule has 0 atom stereocenters. The molecule has 1 aromatic carbocycles. The van der Waals surface area contributed by atoms with Gasteiger partial charge in [0.1, 0.15) is 0 Å². The number of amides is 1. The van der Waals surface area contributed by atoms with E-state index < -0.39 is 0 Å². The molecular formula is C15H14N4O2S2. The molecule has 0 spiro atoms. The average molecular weight is 346 g/mol. The van der Waals surface area contributed by atoms with Crippen molar-refractivity contribution in [1.29, 1.82) is 0 Å². The van der Waals surface area contributed by atoms with Gasteiger partial charge in [-0.25, -0.2) is 4.98 Å². The number of benzene rings is 1. The highest BCUT2D eigenvalue weighted by Gasteiger charge is 2.11. The molecule has 8 heteroatoms. The van der Waals surface area contributed by atoms with Crippen molar-refractivity contribution in [2.75, 3.05) is 11.1 Å².